The molecule has 1 fully saturated rings. The second kappa shape index (κ2) is 6.53. The lowest BCUT2D eigenvalue weighted by molar-refractivity contribution is 0.537. The van der Waals surface area contributed by atoms with Crippen molar-refractivity contribution in [1.82, 2.24) is 10.3 Å². The summed E-state index contributed by atoms with van der Waals surface area (Å²) in [6.45, 7) is 7.48. The van der Waals surface area contributed by atoms with Crippen LogP contribution in [0.2, 0.25) is 0 Å². The van der Waals surface area contributed by atoms with Crippen LogP contribution in [0, 0.1) is 17.2 Å². The molecule has 0 aliphatic carbocycles. The number of nitrogens with one attached hydrogen (secondary N) is 1. The van der Waals surface area contributed by atoms with Crippen LogP contribution in [-0.2, 0) is 0 Å². The molecule has 19 heavy (non-hydrogen) atoms. The fourth-order valence-corrected chi connectivity index (χ4v) is 2.54. The zero-order valence-corrected chi connectivity index (χ0v) is 11.8. The number of aromatic nitrogens is 1. The van der Waals surface area contributed by atoms with Gasteiger partial charge in [-0.2, -0.15) is 5.26 Å². The molecular formula is C15H22N4. The summed E-state index contributed by atoms with van der Waals surface area (Å²) in [4.78, 5) is 6.72. The van der Waals surface area contributed by atoms with Crippen LogP contribution in [0.1, 0.15) is 32.4 Å². The second-order valence-electron chi connectivity index (χ2n) is 5.58. The molecule has 2 rings (SSSR count). The van der Waals surface area contributed by atoms with Crippen LogP contribution in [0.15, 0.2) is 18.2 Å². The fourth-order valence-electron chi connectivity index (χ4n) is 2.54. The van der Waals surface area contributed by atoms with Crippen molar-refractivity contribution in [3.63, 3.8) is 0 Å². The number of pyridine rings is 1. The molecule has 0 radical (unpaired) electrons. The van der Waals surface area contributed by atoms with Gasteiger partial charge in [-0.25, -0.2) is 4.98 Å². The average Bonchev–Trinajstić information content (AvgIpc) is 2.90. The SMILES string of the molecule is CC(C)CN(CC1CCCN1)c1cccc(C#N)n1. The van der Waals surface area contributed by atoms with Gasteiger partial charge < -0.3 is 10.2 Å². The summed E-state index contributed by atoms with van der Waals surface area (Å²) in [5.41, 5.74) is 0.491. The molecule has 0 amide bonds. The predicted octanol–water partition coefficient (Wildman–Crippen LogP) is 2.17. The summed E-state index contributed by atoms with van der Waals surface area (Å²) in [7, 11) is 0. The summed E-state index contributed by atoms with van der Waals surface area (Å²) < 4.78 is 0. The molecule has 1 aromatic rings. The molecular weight excluding hydrogens is 236 g/mol. The molecule has 0 bridgehead atoms. The minimum absolute atomic E-state index is 0.491. The van der Waals surface area contributed by atoms with E-state index in [-0.39, 0.29) is 0 Å². The molecule has 0 saturated carbocycles. The largest absolute Gasteiger partial charge is 0.355 e. The Morgan fingerprint density at radius 2 is 2.37 bits per heavy atom. The van der Waals surface area contributed by atoms with Crippen molar-refractivity contribution in [2.45, 2.75) is 32.7 Å². The van der Waals surface area contributed by atoms with E-state index in [2.05, 4.69) is 35.1 Å². The van der Waals surface area contributed by atoms with Crippen molar-refractivity contribution in [2.24, 2.45) is 5.92 Å². The van der Waals surface area contributed by atoms with E-state index < -0.39 is 0 Å². The zero-order chi connectivity index (χ0) is 13.7. The fraction of sp³-hybridized carbons (Fsp3) is 0.600. The first-order valence-corrected chi connectivity index (χ1v) is 7.04. The van der Waals surface area contributed by atoms with Crippen LogP contribution in [0.3, 0.4) is 0 Å². The molecule has 1 unspecified atom stereocenters. The highest BCUT2D eigenvalue weighted by Gasteiger charge is 2.19. The van der Waals surface area contributed by atoms with Crippen LogP contribution in [0.25, 0.3) is 0 Å². The quantitative estimate of drug-likeness (QED) is 0.879. The lowest BCUT2D eigenvalue weighted by Crippen LogP contribution is -2.39. The minimum atomic E-state index is 0.491. The lowest BCUT2D eigenvalue weighted by atomic mass is 10.1. The smallest absolute Gasteiger partial charge is 0.142 e. The molecule has 1 N–H and O–H groups in total. The van der Waals surface area contributed by atoms with Gasteiger partial charge in [-0.15, -0.1) is 0 Å². The van der Waals surface area contributed by atoms with Gasteiger partial charge in [0.15, 0.2) is 0 Å². The highest BCUT2D eigenvalue weighted by atomic mass is 15.2. The van der Waals surface area contributed by atoms with Crippen molar-refractivity contribution < 1.29 is 0 Å². The first kappa shape index (κ1) is 13.8. The van der Waals surface area contributed by atoms with E-state index in [1.165, 1.54) is 12.8 Å². The third-order valence-corrected chi connectivity index (χ3v) is 3.36. The maximum Gasteiger partial charge on any atom is 0.142 e. The molecule has 1 saturated heterocycles. The molecule has 2 heterocycles. The van der Waals surface area contributed by atoms with Gasteiger partial charge in [0.1, 0.15) is 17.6 Å². The van der Waals surface area contributed by atoms with Gasteiger partial charge in [0.2, 0.25) is 0 Å². The van der Waals surface area contributed by atoms with E-state index in [9.17, 15) is 0 Å². The molecule has 4 nitrogen and oxygen atoms in total. The van der Waals surface area contributed by atoms with E-state index in [0.717, 1.165) is 25.5 Å². The Morgan fingerprint density at radius 3 is 3.00 bits per heavy atom. The number of anilines is 1. The van der Waals surface area contributed by atoms with Crippen LogP contribution >= 0.6 is 0 Å². The summed E-state index contributed by atoms with van der Waals surface area (Å²) in [6, 6.07) is 8.33. The summed E-state index contributed by atoms with van der Waals surface area (Å²) >= 11 is 0. The summed E-state index contributed by atoms with van der Waals surface area (Å²) in [6.07, 6.45) is 2.48. The van der Waals surface area contributed by atoms with Gasteiger partial charge in [0.25, 0.3) is 0 Å². The Labute approximate surface area is 115 Å². The highest BCUT2D eigenvalue weighted by molar-refractivity contribution is 5.42. The maximum absolute atomic E-state index is 8.97. The maximum atomic E-state index is 8.97. The van der Waals surface area contributed by atoms with E-state index in [1.807, 2.05) is 12.1 Å². The van der Waals surface area contributed by atoms with E-state index >= 15 is 0 Å². The number of hydrogen-bond donors (Lipinski definition) is 1. The third kappa shape index (κ3) is 3.93. The van der Waals surface area contributed by atoms with Gasteiger partial charge >= 0.3 is 0 Å². The molecule has 102 valence electrons. The molecule has 1 atom stereocenters. The van der Waals surface area contributed by atoms with E-state index in [1.54, 1.807) is 6.07 Å². The molecule has 1 aliphatic rings. The highest BCUT2D eigenvalue weighted by Crippen LogP contribution is 2.16. The van der Waals surface area contributed by atoms with Gasteiger partial charge in [0.05, 0.1) is 0 Å². The Balaban J connectivity index is 2.13. The van der Waals surface area contributed by atoms with Gasteiger partial charge in [-0.1, -0.05) is 19.9 Å². The standard InChI is InChI=1S/C15H22N4/c1-12(2)10-19(11-14-6-4-8-17-14)15-7-3-5-13(9-16)18-15/h3,5,7,12,14,17H,4,6,8,10-11H2,1-2H3. The van der Waals surface area contributed by atoms with Crippen LogP contribution < -0.4 is 10.2 Å². The topological polar surface area (TPSA) is 52.0 Å². The first-order chi connectivity index (χ1) is 9.19. The number of nitriles is 1. The van der Waals surface area contributed by atoms with E-state index in [0.29, 0.717) is 17.7 Å². The Hall–Kier alpha value is -1.60. The first-order valence-electron chi connectivity index (χ1n) is 7.04. The van der Waals surface area contributed by atoms with Gasteiger partial charge in [0, 0.05) is 19.1 Å². The number of hydrogen-bond acceptors (Lipinski definition) is 4. The second-order valence-corrected chi connectivity index (χ2v) is 5.58. The summed E-state index contributed by atoms with van der Waals surface area (Å²) in [5, 5.41) is 12.5. The van der Waals surface area contributed by atoms with Crippen LogP contribution in [-0.4, -0.2) is 30.7 Å². The van der Waals surface area contributed by atoms with Crippen LogP contribution in [0.4, 0.5) is 5.82 Å². The monoisotopic (exact) mass is 258 g/mol. The van der Waals surface area contributed by atoms with Crippen molar-refractivity contribution >= 4 is 5.82 Å². The Morgan fingerprint density at radius 1 is 1.53 bits per heavy atom. The van der Waals surface area contributed by atoms with Gasteiger partial charge in [-0.3, -0.25) is 0 Å². The Kier molecular flexibility index (Phi) is 4.75. The van der Waals surface area contributed by atoms with Crippen molar-refractivity contribution in [3.8, 4) is 6.07 Å². The Bertz CT molecular complexity index is 444. The van der Waals surface area contributed by atoms with Crippen molar-refractivity contribution in [3.05, 3.63) is 23.9 Å². The predicted molar refractivity (Wildman–Crippen MR) is 77.0 cm³/mol. The van der Waals surface area contributed by atoms with Crippen molar-refractivity contribution in [2.75, 3.05) is 24.5 Å². The molecule has 0 spiro atoms. The summed E-state index contributed by atoms with van der Waals surface area (Å²) in [5.74, 6) is 1.50. The van der Waals surface area contributed by atoms with Crippen molar-refractivity contribution in [1.29, 1.82) is 5.26 Å². The normalized spacial score (nSPS) is 18.5. The zero-order valence-electron chi connectivity index (χ0n) is 11.8. The molecule has 0 aromatic carbocycles. The van der Waals surface area contributed by atoms with Gasteiger partial charge in [-0.05, 0) is 37.4 Å². The number of nitrogens with zero attached hydrogens (tertiary/aromatic N) is 3. The third-order valence-electron chi connectivity index (χ3n) is 3.36. The van der Waals surface area contributed by atoms with Crippen LogP contribution in [0.5, 0.6) is 0 Å². The average molecular weight is 258 g/mol. The number of rotatable bonds is 5. The lowest BCUT2D eigenvalue weighted by Gasteiger charge is -2.28. The molecule has 1 aliphatic heterocycles. The van der Waals surface area contributed by atoms with E-state index in [4.69, 9.17) is 5.26 Å². The minimum Gasteiger partial charge on any atom is -0.355 e. The molecule has 1 aromatic heterocycles. The molecule has 4 heteroatoms.